The van der Waals surface area contributed by atoms with Crippen LogP contribution in [-0.2, 0) is 0 Å². The van der Waals surface area contributed by atoms with E-state index < -0.39 is 0 Å². The van der Waals surface area contributed by atoms with E-state index in [-0.39, 0.29) is 5.54 Å². The van der Waals surface area contributed by atoms with Crippen LogP contribution >= 0.6 is 0 Å². The minimum Gasteiger partial charge on any atom is -0.309 e. The summed E-state index contributed by atoms with van der Waals surface area (Å²) in [6.07, 6.45) is 0. The Labute approximate surface area is 117 Å². The molecule has 0 bridgehead atoms. The molecule has 2 rings (SSSR count). The lowest BCUT2D eigenvalue weighted by molar-refractivity contribution is 0.0880. The standard InChI is InChI=1S/C16H27N3/c1-16(2)13-19(11-10-18(3)4)15(12-17-16)14-8-6-5-7-9-14/h5-9,15,17H,10-13H2,1-4H3. The molecule has 1 aliphatic heterocycles. The van der Waals surface area contributed by atoms with Crippen molar-refractivity contribution in [3.05, 3.63) is 35.9 Å². The molecule has 0 aliphatic carbocycles. The van der Waals surface area contributed by atoms with E-state index in [9.17, 15) is 0 Å². The number of likely N-dealkylation sites (N-methyl/N-ethyl adjacent to an activating group) is 1. The third kappa shape index (κ3) is 4.03. The largest absolute Gasteiger partial charge is 0.309 e. The summed E-state index contributed by atoms with van der Waals surface area (Å²) < 4.78 is 0. The smallest absolute Gasteiger partial charge is 0.0474 e. The van der Waals surface area contributed by atoms with Crippen molar-refractivity contribution in [1.29, 1.82) is 0 Å². The third-order valence-corrected chi connectivity index (χ3v) is 3.83. The van der Waals surface area contributed by atoms with Crippen LogP contribution in [0, 0.1) is 0 Å². The lowest BCUT2D eigenvalue weighted by atomic mass is 9.95. The molecular weight excluding hydrogens is 234 g/mol. The van der Waals surface area contributed by atoms with Gasteiger partial charge in [-0.15, -0.1) is 0 Å². The van der Waals surface area contributed by atoms with Crippen LogP contribution in [0.4, 0.5) is 0 Å². The Kier molecular flexibility index (Phi) is 4.61. The molecule has 1 heterocycles. The normalized spacial score (nSPS) is 23.7. The van der Waals surface area contributed by atoms with Crippen LogP contribution in [0.1, 0.15) is 25.5 Å². The van der Waals surface area contributed by atoms with Crippen LogP contribution in [0.25, 0.3) is 0 Å². The predicted molar refractivity (Wildman–Crippen MR) is 81.4 cm³/mol. The van der Waals surface area contributed by atoms with E-state index in [0.29, 0.717) is 6.04 Å². The molecule has 1 aliphatic rings. The van der Waals surface area contributed by atoms with Gasteiger partial charge in [-0.2, -0.15) is 0 Å². The molecule has 1 fully saturated rings. The van der Waals surface area contributed by atoms with Crippen LogP contribution in [0.2, 0.25) is 0 Å². The van der Waals surface area contributed by atoms with E-state index in [1.54, 1.807) is 0 Å². The Morgan fingerprint density at radius 1 is 1.26 bits per heavy atom. The van der Waals surface area contributed by atoms with Crippen molar-refractivity contribution in [1.82, 2.24) is 15.1 Å². The van der Waals surface area contributed by atoms with Crippen molar-refractivity contribution in [2.45, 2.75) is 25.4 Å². The Balaban J connectivity index is 2.11. The van der Waals surface area contributed by atoms with E-state index in [4.69, 9.17) is 0 Å². The minimum absolute atomic E-state index is 0.206. The van der Waals surface area contributed by atoms with E-state index in [1.165, 1.54) is 5.56 Å². The number of rotatable bonds is 4. The van der Waals surface area contributed by atoms with Crippen molar-refractivity contribution in [2.75, 3.05) is 40.3 Å². The van der Waals surface area contributed by atoms with Gasteiger partial charge in [0.15, 0.2) is 0 Å². The molecule has 1 unspecified atom stereocenters. The fourth-order valence-electron chi connectivity index (χ4n) is 2.74. The summed E-state index contributed by atoms with van der Waals surface area (Å²) in [5.74, 6) is 0. The van der Waals surface area contributed by atoms with Crippen LogP contribution in [-0.4, -0.2) is 55.6 Å². The van der Waals surface area contributed by atoms with Crippen molar-refractivity contribution in [3.63, 3.8) is 0 Å². The van der Waals surface area contributed by atoms with E-state index >= 15 is 0 Å². The summed E-state index contributed by atoms with van der Waals surface area (Å²) in [5, 5.41) is 3.67. The number of nitrogens with zero attached hydrogens (tertiary/aromatic N) is 2. The van der Waals surface area contributed by atoms with Crippen LogP contribution in [0.5, 0.6) is 0 Å². The van der Waals surface area contributed by atoms with E-state index in [2.05, 4.69) is 73.4 Å². The van der Waals surface area contributed by atoms with E-state index in [1.807, 2.05) is 0 Å². The first-order valence-electron chi connectivity index (χ1n) is 7.17. The molecule has 106 valence electrons. The summed E-state index contributed by atoms with van der Waals surface area (Å²) in [7, 11) is 4.29. The Morgan fingerprint density at radius 2 is 1.95 bits per heavy atom. The van der Waals surface area contributed by atoms with Gasteiger partial charge in [0.05, 0.1) is 0 Å². The summed E-state index contributed by atoms with van der Waals surface area (Å²) in [4.78, 5) is 4.88. The van der Waals surface area contributed by atoms with Crippen molar-refractivity contribution >= 4 is 0 Å². The molecule has 3 nitrogen and oxygen atoms in total. The molecule has 1 aromatic carbocycles. The van der Waals surface area contributed by atoms with Gasteiger partial charge >= 0.3 is 0 Å². The second-order valence-electron chi connectivity index (χ2n) is 6.47. The maximum atomic E-state index is 3.67. The monoisotopic (exact) mass is 261 g/mol. The molecule has 0 aromatic heterocycles. The zero-order valence-electron chi connectivity index (χ0n) is 12.7. The fraction of sp³-hybridized carbons (Fsp3) is 0.625. The van der Waals surface area contributed by atoms with Crippen LogP contribution in [0.3, 0.4) is 0 Å². The third-order valence-electron chi connectivity index (χ3n) is 3.83. The summed E-state index contributed by atoms with van der Waals surface area (Å²) in [6, 6.07) is 11.3. The lowest BCUT2D eigenvalue weighted by Gasteiger charge is -2.45. The maximum Gasteiger partial charge on any atom is 0.0474 e. The number of benzene rings is 1. The zero-order chi connectivity index (χ0) is 13.9. The molecule has 0 radical (unpaired) electrons. The Hall–Kier alpha value is -0.900. The highest BCUT2D eigenvalue weighted by molar-refractivity contribution is 5.20. The van der Waals surface area contributed by atoms with Crippen LogP contribution < -0.4 is 5.32 Å². The molecular formula is C16H27N3. The lowest BCUT2D eigenvalue weighted by Crippen LogP contribution is -2.58. The van der Waals surface area contributed by atoms with Gasteiger partial charge in [0, 0.05) is 37.8 Å². The van der Waals surface area contributed by atoms with Gasteiger partial charge in [-0.25, -0.2) is 0 Å². The number of nitrogens with one attached hydrogen (secondary N) is 1. The van der Waals surface area contributed by atoms with E-state index in [0.717, 1.165) is 26.2 Å². The van der Waals surface area contributed by atoms with Crippen molar-refractivity contribution < 1.29 is 0 Å². The number of piperazine rings is 1. The van der Waals surface area contributed by atoms with Gasteiger partial charge < -0.3 is 10.2 Å². The van der Waals surface area contributed by atoms with Gasteiger partial charge in [-0.05, 0) is 33.5 Å². The average molecular weight is 261 g/mol. The zero-order valence-corrected chi connectivity index (χ0v) is 12.7. The average Bonchev–Trinajstić information content (AvgIpc) is 2.36. The summed E-state index contributed by atoms with van der Waals surface area (Å²) in [6.45, 7) is 8.94. The summed E-state index contributed by atoms with van der Waals surface area (Å²) >= 11 is 0. The highest BCUT2D eigenvalue weighted by atomic mass is 15.3. The van der Waals surface area contributed by atoms with Gasteiger partial charge in [0.1, 0.15) is 0 Å². The first-order valence-corrected chi connectivity index (χ1v) is 7.17. The van der Waals surface area contributed by atoms with Gasteiger partial charge in [0.2, 0.25) is 0 Å². The molecule has 1 saturated heterocycles. The SMILES string of the molecule is CN(C)CCN1CC(C)(C)NCC1c1ccccc1. The van der Waals surface area contributed by atoms with Gasteiger partial charge in [-0.3, -0.25) is 4.90 Å². The molecule has 1 N–H and O–H groups in total. The quantitative estimate of drug-likeness (QED) is 0.894. The topological polar surface area (TPSA) is 18.5 Å². The predicted octanol–water partition coefficient (Wildman–Crippen LogP) is 1.97. The molecule has 1 aromatic rings. The minimum atomic E-state index is 0.206. The number of hydrogen-bond acceptors (Lipinski definition) is 3. The van der Waals surface area contributed by atoms with Gasteiger partial charge in [-0.1, -0.05) is 30.3 Å². The fourth-order valence-corrected chi connectivity index (χ4v) is 2.74. The maximum absolute atomic E-state index is 3.67. The molecule has 3 heteroatoms. The highest BCUT2D eigenvalue weighted by Crippen LogP contribution is 2.26. The first kappa shape index (κ1) is 14.5. The molecule has 0 saturated carbocycles. The Morgan fingerprint density at radius 3 is 2.58 bits per heavy atom. The number of hydrogen-bond donors (Lipinski definition) is 1. The second kappa shape index (κ2) is 6.04. The molecule has 0 spiro atoms. The second-order valence-corrected chi connectivity index (χ2v) is 6.47. The van der Waals surface area contributed by atoms with Crippen molar-refractivity contribution in [3.8, 4) is 0 Å². The summed E-state index contributed by atoms with van der Waals surface area (Å²) in [5.41, 5.74) is 1.63. The molecule has 0 amide bonds. The van der Waals surface area contributed by atoms with Crippen molar-refractivity contribution in [2.24, 2.45) is 0 Å². The van der Waals surface area contributed by atoms with Crippen LogP contribution in [0.15, 0.2) is 30.3 Å². The first-order chi connectivity index (χ1) is 8.98. The molecule has 1 atom stereocenters. The highest BCUT2D eigenvalue weighted by Gasteiger charge is 2.32. The van der Waals surface area contributed by atoms with Gasteiger partial charge in [0.25, 0.3) is 0 Å². The molecule has 19 heavy (non-hydrogen) atoms. The Bertz CT molecular complexity index is 386.